The normalized spacial score (nSPS) is 15.7. The van der Waals surface area contributed by atoms with Gasteiger partial charge in [0.15, 0.2) is 0 Å². The third-order valence-corrected chi connectivity index (χ3v) is 15.3. The number of aryl methyl sites for hydroxylation is 1. The molecule has 1 nitrogen and oxygen atoms in total. The van der Waals surface area contributed by atoms with Crippen LogP contribution in [0.4, 0.5) is 0 Å². The molecular weight excluding hydrogens is 783 g/mol. The van der Waals surface area contributed by atoms with Crippen LogP contribution in [0.5, 0.6) is 0 Å². The minimum Gasteiger partial charge on any atom is -0.309 e. The Kier molecular flexibility index (Phi) is 8.26. The van der Waals surface area contributed by atoms with E-state index in [0.717, 1.165) is 38.5 Å². The fraction of sp³-hybridized carbons (Fsp3) is 0.125. The largest absolute Gasteiger partial charge is 0.309 e. The van der Waals surface area contributed by atoms with Gasteiger partial charge in [-0.25, -0.2) is 0 Å². The van der Waals surface area contributed by atoms with Crippen LogP contribution in [0.2, 0.25) is 0 Å². The predicted octanol–water partition coefficient (Wildman–Crippen LogP) is 16.6. The Hall–Kier alpha value is -7.48. The topological polar surface area (TPSA) is 4.93 Å². The van der Waals surface area contributed by atoms with E-state index in [1.54, 1.807) is 0 Å². The van der Waals surface area contributed by atoms with Crippen molar-refractivity contribution in [2.75, 3.05) is 0 Å². The lowest BCUT2D eigenvalue weighted by Gasteiger charge is -2.26. The molecule has 1 unspecified atom stereocenters. The minimum absolute atomic E-state index is 0.555. The molecule has 0 fully saturated rings. The van der Waals surface area contributed by atoms with Crippen molar-refractivity contribution in [2.45, 2.75) is 50.9 Å². The molecule has 3 aliphatic carbocycles. The van der Waals surface area contributed by atoms with E-state index in [9.17, 15) is 0 Å². The van der Waals surface area contributed by atoms with Crippen molar-refractivity contribution in [3.05, 3.63) is 209 Å². The molecule has 0 radical (unpaired) electrons. The van der Waals surface area contributed by atoms with Crippen LogP contribution in [-0.4, -0.2) is 4.57 Å². The lowest BCUT2D eigenvalue weighted by molar-refractivity contribution is 0.622. The van der Waals surface area contributed by atoms with Gasteiger partial charge in [0, 0.05) is 21.8 Å². The van der Waals surface area contributed by atoms with Crippen LogP contribution in [0.1, 0.15) is 60.3 Å². The fourth-order valence-corrected chi connectivity index (χ4v) is 12.4. The van der Waals surface area contributed by atoms with Crippen molar-refractivity contribution in [3.8, 4) is 39.1 Å². The zero-order valence-electron chi connectivity index (χ0n) is 36.4. The maximum Gasteiger partial charge on any atom is 0.0626 e. The second-order valence-electron chi connectivity index (χ2n) is 18.8. The van der Waals surface area contributed by atoms with Crippen LogP contribution in [0.3, 0.4) is 0 Å². The molecule has 14 rings (SSSR count). The first kappa shape index (κ1) is 36.9. The Morgan fingerprint density at radius 2 is 1.17 bits per heavy atom. The number of fused-ring (bicyclic) bond motifs is 10. The smallest absolute Gasteiger partial charge is 0.0626 e. The average Bonchev–Trinajstić information content (AvgIpc) is 3.74. The fourth-order valence-electron chi connectivity index (χ4n) is 12.4. The van der Waals surface area contributed by atoms with Crippen molar-refractivity contribution in [3.63, 3.8) is 0 Å². The van der Waals surface area contributed by atoms with Crippen LogP contribution in [0.15, 0.2) is 182 Å². The molecule has 1 aromatic heterocycles. The molecule has 1 atom stereocenters. The Labute approximate surface area is 379 Å². The standard InChI is InChI=1S/C64H47N/c1-4-18-40(19-5-1)44-34-45(41-20-6-2-7-21-41)36-46(35-44)65-60-33-15-14-29-52(60)63-53-31-16-24-43-37-56(51-30-17-32-54(64(63)65)62(51)61(43)53)58-39-59-48-26-11-10-25-47(48)55(42-22-8-3-9-23-42)38-57(59)49-27-12-13-28-50(49)58/h1-8,10-12,14-15,17-21,25-27,29-39,42H,9,13,16,22-24,28H2. The summed E-state index contributed by atoms with van der Waals surface area (Å²) in [7, 11) is 0. The van der Waals surface area contributed by atoms with Gasteiger partial charge in [0.2, 0.25) is 0 Å². The second-order valence-corrected chi connectivity index (χ2v) is 18.8. The van der Waals surface area contributed by atoms with E-state index >= 15 is 0 Å². The van der Waals surface area contributed by atoms with Gasteiger partial charge in [0.05, 0.1) is 11.0 Å². The summed E-state index contributed by atoms with van der Waals surface area (Å²) in [5, 5.41) is 15.2. The van der Waals surface area contributed by atoms with Gasteiger partial charge in [-0.1, -0.05) is 152 Å². The van der Waals surface area contributed by atoms with Gasteiger partial charge in [0.1, 0.15) is 0 Å². The SMILES string of the molecule is C1=Cc2c(c(-c3cc4c5c(c6c7ccccc7n(-c7cc(-c8ccccc8)cc(-c8ccccc8)c7)c6c6cccc3c56)=CCC4)cc3c2cc(C2CC=CCC2)c2ccccc23)CC1. The van der Waals surface area contributed by atoms with Crippen molar-refractivity contribution >= 4 is 77.0 Å². The van der Waals surface area contributed by atoms with E-state index in [2.05, 4.69) is 199 Å². The highest BCUT2D eigenvalue weighted by molar-refractivity contribution is 6.29. The Bertz CT molecular complexity index is 3840. The quantitative estimate of drug-likeness (QED) is 0.120. The van der Waals surface area contributed by atoms with Gasteiger partial charge < -0.3 is 4.57 Å². The van der Waals surface area contributed by atoms with E-state index in [1.165, 1.54) is 138 Å². The monoisotopic (exact) mass is 829 g/mol. The highest BCUT2D eigenvalue weighted by Crippen LogP contribution is 2.48. The molecule has 308 valence electrons. The van der Waals surface area contributed by atoms with Crippen LogP contribution in [0.25, 0.3) is 116 Å². The zero-order valence-corrected chi connectivity index (χ0v) is 36.4. The molecule has 0 spiro atoms. The van der Waals surface area contributed by atoms with Crippen LogP contribution in [-0.2, 0) is 12.8 Å². The van der Waals surface area contributed by atoms with Gasteiger partial charge in [-0.3, -0.25) is 0 Å². The summed E-state index contributed by atoms with van der Waals surface area (Å²) in [4.78, 5) is 0. The molecule has 0 N–H and O–H groups in total. The van der Waals surface area contributed by atoms with Gasteiger partial charge in [-0.15, -0.1) is 0 Å². The first-order chi connectivity index (χ1) is 32.3. The number of nitrogens with zero attached hydrogens (tertiary/aromatic N) is 1. The summed E-state index contributed by atoms with van der Waals surface area (Å²) in [5.74, 6) is 0.555. The van der Waals surface area contributed by atoms with E-state index in [1.807, 2.05) is 0 Å². The first-order valence-electron chi connectivity index (χ1n) is 23.8. The maximum atomic E-state index is 2.61. The van der Waals surface area contributed by atoms with Crippen molar-refractivity contribution < 1.29 is 0 Å². The molecule has 65 heavy (non-hydrogen) atoms. The molecule has 3 aliphatic rings. The lowest BCUT2D eigenvalue weighted by atomic mass is 9.78. The van der Waals surface area contributed by atoms with E-state index in [-0.39, 0.29) is 0 Å². The molecule has 10 aromatic carbocycles. The van der Waals surface area contributed by atoms with E-state index in [4.69, 9.17) is 0 Å². The van der Waals surface area contributed by atoms with Gasteiger partial charge >= 0.3 is 0 Å². The van der Waals surface area contributed by atoms with E-state index < -0.39 is 0 Å². The molecule has 0 saturated heterocycles. The Balaban J connectivity index is 1.09. The molecule has 0 aliphatic heterocycles. The summed E-state index contributed by atoms with van der Waals surface area (Å²) in [5.41, 5.74) is 17.3. The molecule has 0 amide bonds. The molecule has 11 aromatic rings. The Morgan fingerprint density at radius 1 is 0.446 bits per heavy atom. The second kappa shape index (κ2) is 14.5. The molecule has 1 heteroatoms. The maximum absolute atomic E-state index is 2.61. The summed E-state index contributed by atoms with van der Waals surface area (Å²) >= 11 is 0. The highest BCUT2D eigenvalue weighted by atomic mass is 15.0. The van der Waals surface area contributed by atoms with Crippen LogP contribution >= 0.6 is 0 Å². The summed E-state index contributed by atoms with van der Waals surface area (Å²) < 4.78 is 2.59. The molecule has 0 saturated carbocycles. The number of allylic oxidation sites excluding steroid dienone is 3. The third-order valence-electron chi connectivity index (χ3n) is 15.3. The number of rotatable bonds is 5. The summed E-state index contributed by atoms with van der Waals surface area (Å²) in [6.07, 6.45) is 19.9. The molecule has 1 heterocycles. The third kappa shape index (κ3) is 5.58. The number of hydrogen-bond acceptors (Lipinski definition) is 0. The number of hydrogen-bond donors (Lipinski definition) is 0. The summed E-state index contributed by atoms with van der Waals surface area (Å²) in [6.45, 7) is 0. The highest BCUT2D eigenvalue weighted by Gasteiger charge is 2.27. The molecular formula is C64H47N. The van der Waals surface area contributed by atoms with Gasteiger partial charge in [-0.2, -0.15) is 0 Å². The average molecular weight is 830 g/mol. The van der Waals surface area contributed by atoms with Crippen LogP contribution in [0, 0.1) is 0 Å². The number of para-hydroxylation sites is 1. The lowest BCUT2D eigenvalue weighted by Crippen LogP contribution is -2.13. The number of benzene rings is 10. The predicted molar refractivity (Wildman–Crippen MR) is 278 cm³/mol. The summed E-state index contributed by atoms with van der Waals surface area (Å²) in [6, 6.07) is 62.3. The van der Waals surface area contributed by atoms with E-state index in [0.29, 0.717) is 5.92 Å². The van der Waals surface area contributed by atoms with Crippen molar-refractivity contribution in [1.29, 1.82) is 0 Å². The molecule has 0 bridgehead atoms. The Morgan fingerprint density at radius 3 is 1.95 bits per heavy atom. The van der Waals surface area contributed by atoms with Crippen molar-refractivity contribution in [1.82, 2.24) is 4.57 Å². The van der Waals surface area contributed by atoms with Gasteiger partial charge in [0.25, 0.3) is 0 Å². The zero-order chi connectivity index (χ0) is 42.6. The minimum atomic E-state index is 0.555. The van der Waals surface area contributed by atoms with Gasteiger partial charge in [-0.05, 0) is 192 Å². The van der Waals surface area contributed by atoms with Crippen molar-refractivity contribution in [2.24, 2.45) is 0 Å². The van der Waals surface area contributed by atoms with Crippen LogP contribution < -0.4 is 5.22 Å². The number of aromatic nitrogens is 1. The first-order valence-corrected chi connectivity index (χ1v) is 23.8.